The molecule has 0 saturated carbocycles. The van der Waals surface area contributed by atoms with Gasteiger partial charge in [0, 0.05) is 12.1 Å². The Bertz CT molecular complexity index is 2040. The topological polar surface area (TPSA) is 196 Å². The van der Waals surface area contributed by atoms with Crippen LogP contribution in [-0.4, -0.2) is 84.6 Å². The predicted octanol–water partition coefficient (Wildman–Crippen LogP) is 4.31. The van der Waals surface area contributed by atoms with Crippen LogP contribution in [0.5, 0.6) is 6.01 Å². The monoisotopic (exact) mass is 720 g/mol. The number of aliphatic carboxylic acids is 1. The first-order valence-corrected chi connectivity index (χ1v) is 18.1. The van der Waals surface area contributed by atoms with Crippen LogP contribution in [0, 0.1) is 0 Å². The summed E-state index contributed by atoms with van der Waals surface area (Å²) in [4.78, 5) is 42.6. The molecule has 2 fully saturated rings. The predicted molar refractivity (Wildman–Crippen MR) is 184 cm³/mol. The number of pyridine rings is 1. The third-order valence-electron chi connectivity index (χ3n) is 8.80. The molecule has 0 spiro atoms. The SMILES string of the molecule is O=C(O)[C@H](Cc1ccc(CP(=O)(O)O)cc1)NCc1ccc(-c2ccc(-c3nc4nc(O[C@@H]5CO[C@H]6[C@@H]5OC[C@H]6O)[nH]c4cc3Cl)cc2)cc1. The van der Waals surface area contributed by atoms with E-state index in [-0.39, 0.29) is 37.9 Å². The maximum Gasteiger partial charge on any atom is 0.329 e. The number of ether oxygens (including phenoxy) is 3. The van der Waals surface area contributed by atoms with Crippen LogP contribution in [0.4, 0.5) is 0 Å². The summed E-state index contributed by atoms with van der Waals surface area (Å²) in [6.45, 7) is 0.829. The van der Waals surface area contributed by atoms with Gasteiger partial charge in [-0.15, -0.1) is 0 Å². The summed E-state index contributed by atoms with van der Waals surface area (Å²) in [5.41, 5.74) is 6.54. The van der Waals surface area contributed by atoms with Crippen LogP contribution in [0.15, 0.2) is 78.9 Å². The van der Waals surface area contributed by atoms with Crippen molar-refractivity contribution < 1.29 is 43.6 Å². The number of hydrogen-bond acceptors (Lipinski definition) is 9. The number of fused-ring (bicyclic) bond motifs is 2. The Kier molecular flexibility index (Phi) is 9.75. The Morgan fingerprint density at radius 3 is 2.22 bits per heavy atom. The Labute approximate surface area is 291 Å². The van der Waals surface area contributed by atoms with Gasteiger partial charge in [-0.05, 0) is 40.3 Å². The summed E-state index contributed by atoms with van der Waals surface area (Å²) in [5, 5.41) is 23.3. The number of benzene rings is 3. The fraction of sp³-hybridized carbons (Fsp3) is 0.286. The molecule has 0 amide bonds. The van der Waals surface area contributed by atoms with E-state index in [2.05, 4.69) is 20.3 Å². The molecule has 2 aromatic heterocycles. The standard InChI is InChI=1S/C35H34ClN4O9P/c36-25-14-26-33(40-35(38-26)49-29-17-48-31-28(41)16-47-32(29)31)39-30(25)24-11-9-23(10-12-24)22-7-5-20(6-8-22)15-37-27(34(42)43)13-19-1-3-21(4-2-19)18-50(44,45)46/h1-12,14,27-29,31-32,37,41H,13,15-18H2,(H,42,43)(H,38,39,40)(H2,44,45,46)/t27-,28+,29+,31+,32+/m0/s1. The minimum absolute atomic E-state index is 0.208. The molecule has 2 aliphatic heterocycles. The zero-order chi connectivity index (χ0) is 35.0. The normalized spacial score (nSPS) is 21.0. The van der Waals surface area contributed by atoms with E-state index >= 15 is 0 Å². The Morgan fingerprint density at radius 1 is 0.920 bits per heavy atom. The molecule has 13 nitrogen and oxygen atoms in total. The highest BCUT2D eigenvalue weighted by Gasteiger charge is 2.48. The molecule has 4 heterocycles. The number of aromatic amines is 1. The third kappa shape index (κ3) is 7.75. The van der Waals surface area contributed by atoms with Gasteiger partial charge in [-0.25, -0.2) is 4.98 Å². The summed E-state index contributed by atoms with van der Waals surface area (Å²) < 4.78 is 28.5. The maximum atomic E-state index is 11.9. The molecule has 0 unspecified atom stereocenters. The van der Waals surface area contributed by atoms with Gasteiger partial charge in [-0.2, -0.15) is 4.98 Å². The number of hydrogen-bond donors (Lipinski definition) is 6. The molecule has 5 aromatic rings. The second-order valence-corrected chi connectivity index (χ2v) is 14.5. The Balaban J connectivity index is 0.971. The van der Waals surface area contributed by atoms with Gasteiger partial charge < -0.3 is 44.5 Å². The number of carbonyl (C=O) groups is 1. The van der Waals surface area contributed by atoms with Crippen LogP contribution >= 0.6 is 19.2 Å². The Morgan fingerprint density at radius 2 is 1.54 bits per heavy atom. The van der Waals surface area contributed by atoms with Crippen LogP contribution in [-0.2, 0) is 38.0 Å². The summed E-state index contributed by atoms with van der Waals surface area (Å²) in [6.07, 6.45) is -2.00. The van der Waals surface area contributed by atoms with Crippen LogP contribution in [0.3, 0.4) is 0 Å². The first-order chi connectivity index (χ1) is 24.0. The van der Waals surface area contributed by atoms with E-state index in [0.29, 0.717) is 34.0 Å². The molecule has 15 heteroatoms. The summed E-state index contributed by atoms with van der Waals surface area (Å²) in [5.74, 6) is -0.992. The minimum atomic E-state index is -4.18. The van der Waals surface area contributed by atoms with E-state index in [1.807, 2.05) is 48.5 Å². The molecule has 50 heavy (non-hydrogen) atoms. The van der Waals surface area contributed by atoms with Gasteiger partial charge in [-0.3, -0.25) is 9.36 Å². The lowest BCUT2D eigenvalue weighted by Crippen LogP contribution is -2.38. The fourth-order valence-corrected chi connectivity index (χ4v) is 7.17. The lowest BCUT2D eigenvalue weighted by atomic mass is 10.0. The van der Waals surface area contributed by atoms with Crippen molar-refractivity contribution >= 4 is 36.3 Å². The molecule has 3 aromatic carbocycles. The number of halogens is 1. The van der Waals surface area contributed by atoms with Gasteiger partial charge in [0.15, 0.2) is 11.8 Å². The van der Waals surface area contributed by atoms with Crippen molar-refractivity contribution in [2.75, 3.05) is 13.2 Å². The molecule has 5 atom stereocenters. The molecule has 7 rings (SSSR count). The lowest BCUT2D eigenvalue weighted by Gasteiger charge is -2.15. The number of rotatable bonds is 12. The summed E-state index contributed by atoms with van der Waals surface area (Å²) in [7, 11) is -4.18. The van der Waals surface area contributed by atoms with Crippen LogP contribution < -0.4 is 10.1 Å². The first-order valence-electron chi connectivity index (χ1n) is 15.9. The van der Waals surface area contributed by atoms with E-state index in [1.54, 1.807) is 30.3 Å². The summed E-state index contributed by atoms with van der Waals surface area (Å²) >= 11 is 6.64. The van der Waals surface area contributed by atoms with Gasteiger partial charge in [-0.1, -0.05) is 84.4 Å². The van der Waals surface area contributed by atoms with Crippen molar-refractivity contribution in [1.82, 2.24) is 20.3 Å². The Hall–Kier alpha value is -4.17. The zero-order valence-corrected chi connectivity index (χ0v) is 28.1. The number of nitrogens with one attached hydrogen (secondary N) is 2. The molecule has 2 saturated heterocycles. The van der Waals surface area contributed by atoms with Crippen molar-refractivity contribution in [1.29, 1.82) is 0 Å². The molecule has 0 aliphatic carbocycles. The number of aromatic nitrogens is 3. The number of aliphatic hydroxyl groups excluding tert-OH is 1. The first kappa shape index (κ1) is 34.3. The van der Waals surface area contributed by atoms with E-state index < -0.39 is 37.9 Å². The van der Waals surface area contributed by atoms with Crippen molar-refractivity contribution in [3.63, 3.8) is 0 Å². The zero-order valence-electron chi connectivity index (χ0n) is 26.5. The van der Waals surface area contributed by atoms with Gasteiger partial charge in [0.2, 0.25) is 0 Å². The molecule has 260 valence electrons. The van der Waals surface area contributed by atoms with Crippen molar-refractivity contribution in [2.45, 2.75) is 49.6 Å². The quantitative estimate of drug-likeness (QED) is 0.100. The molecular formula is C35H34ClN4O9P. The number of carboxylic acids is 1. The van der Waals surface area contributed by atoms with Crippen LogP contribution in [0.1, 0.15) is 16.7 Å². The molecule has 0 bridgehead atoms. The van der Waals surface area contributed by atoms with E-state index in [1.165, 1.54) is 0 Å². The highest BCUT2D eigenvalue weighted by molar-refractivity contribution is 7.50. The second kappa shape index (κ2) is 14.2. The van der Waals surface area contributed by atoms with Crippen molar-refractivity contribution in [3.8, 4) is 28.4 Å². The van der Waals surface area contributed by atoms with E-state index in [4.69, 9.17) is 35.6 Å². The van der Waals surface area contributed by atoms with Gasteiger partial charge >= 0.3 is 13.6 Å². The second-order valence-electron chi connectivity index (χ2n) is 12.4. The van der Waals surface area contributed by atoms with Crippen LogP contribution in [0.25, 0.3) is 33.5 Å². The maximum absolute atomic E-state index is 11.9. The molecular weight excluding hydrogens is 687 g/mol. The molecule has 6 N–H and O–H groups in total. The molecule has 2 aliphatic rings. The number of carboxylic acid groups (broad SMARTS) is 1. The van der Waals surface area contributed by atoms with E-state index in [9.17, 15) is 19.6 Å². The third-order valence-corrected chi connectivity index (χ3v) is 9.86. The number of H-pyrrole nitrogens is 1. The number of imidazole rings is 1. The smallest absolute Gasteiger partial charge is 0.329 e. The average molecular weight is 721 g/mol. The highest BCUT2D eigenvalue weighted by atomic mass is 35.5. The van der Waals surface area contributed by atoms with Crippen LogP contribution in [0.2, 0.25) is 5.02 Å². The van der Waals surface area contributed by atoms with Gasteiger partial charge in [0.05, 0.1) is 35.6 Å². The number of nitrogens with zero attached hydrogens (tertiary/aromatic N) is 2. The largest absolute Gasteiger partial charge is 0.480 e. The molecule has 0 radical (unpaired) electrons. The lowest BCUT2D eigenvalue weighted by molar-refractivity contribution is -0.139. The van der Waals surface area contributed by atoms with E-state index in [0.717, 1.165) is 27.8 Å². The fourth-order valence-electron chi connectivity index (χ4n) is 6.22. The minimum Gasteiger partial charge on any atom is -0.480 e. The van der Waals surface area contributed by atoms with Crippen molar-refractivity contribution in [2.24, 2.45) is 0 Å². The highest BCUT2D eigenvalue weighted by Crippen LogP contribution is 2.39. The van der Waals surface area contributed by atoms with Crippen molar-refractivity contribution in [3.05, 3.63) is 101 Å². The van der Waals surface area contributed by atoms with Gasteiger partial charge in [0.1, 0.15) is 24.4 Å². The summed E-state index contributed by atoms with van der Waals surface area (Å²) in [6, 6.07) is 23.4. The number of aliphatic hydroxyl groups is 1. The average Bonchev–Trinajstić information content (AvgIpc) is 3.79. The van der Waals surface area contributed by atoms with Gasteiger partial charge in [0.25, 0.3) is 6.01 Å².